The minimum atomic E-state index is -0.301. The molecule has 0 saturated heterocycles. The second kappa shape index (κ2) is 4.07. The highest BCUT2D eigenvalue weighted by atomic mass is 19.1. The number of rotatable bonds is 2. The molecule has 1 aliphatic rings. The molecule has 0 aromatic carbocycles. The van der Waals surface area contributed by atoms with E-state index >= 15 is 0 Å². The quantitative estimate of drug-likeness (QED) is 0.698. The second-order valence-electron chi connectivity index (χ2n) is 2.90. The van der Waals surface area contributed by atoms with E-state index in [4.69, 9.17) is 0 Å². The maximum atomic E-state index is 12.6. The van der Waals surface area contributed by atoms with Crippen molar-refractivity contribution in [1.29, 1.82) is 0 Å². The lowest BCUT2D eigenvalue weighted by molar-refractivity contribution is -0.121. The topological polar surface area (TPSA) is 32.3 Å². The Hall–Kier alpha value is -1.32. The summed E-state index contributed by atoms with van der Waals surface area (Å²) in [5.41, 5.74) is 0. The first-order chi connectivity index (χ1) is 6.13. The van der Waals surface area contributed by atoms with Gasteiger partial charge in [-0.2, -0.15) is 0 Å². The van der Waals surface area contributed by atoms with Crippen molar-refractivity contribution < 1.29 is 9.18 Å². The van der Waals surface area contributed by atoms with Gasteiger partial charge in [0.2, 0.25) is 5.91 Å². The molecule has 13 heavy (non-hydrogen) atoms. The molecule has 0 saturated carbocycles. The third kappa shape index (κ3) is 2.57. The molecule has 1 atom stereocenters. The first-order valence-electron chi connectivity index (χ1n) is 4.20. The lowest BCUT2D eigenvalue weighted by atomic mass is 10.3. The van der Waals surface area contributed by atoms with Crippen LogP contribution in [0.15, 0.2) is 24.2 Å². The smallest absolute Gasteiger partial charge is 0.221 e. The van der Waals surface area contributed by atoms with E-state index in [0.29, 0.717) is 6.42 Å². The zero-order valence-corrected chi connectivity index (χ0v) is 7.75. The Balaban J connectivity index is 2.55. The van der Waals surface area contributed by atoms with Gasteiger partial charge in [-0.05, 0) is 12.2 Å². The zero-order chi connectivity index (χ0) is 9.84. The van der Waals surface area contributed by atoms with Crippen LogP contribution in [-0.4, -0.2) is 24.0 Å². The number of hydrogen-bond acceptors (Lipinski definition) is 2. The monoisotopic (exact) mass is 184 g/mol. The third-order valence-electron chi connectivity index (χ3n) is 1.83. The van der Waals surface area contributed by atoms with Crippen LogP contribution in [0.4, 0.5) is 4.39 Å². The average molecular weight is 184 g/mol. The van der Waals surface area contributed by atoms with Crippen molar-refractivity contribution in [3.05, 3.63) is 24.2 Å². The van der Waals surface area contributed by atoms with E-state index in [9.17, 15) is 9.18 Å². The Morgan fingerprint density at radius 2 is 2.46 bits per heavy atom. The number of nitrogens with zero attached hydrogens (tertiary/aromatic N) is 1. The van der Waals surface area contributed by atoms with Gasteiger partial charge in [0, 0.05) is 19.7 Å². The van der Waals surface area contributed by atoms with E-state index in [2.05, 4.69) is 5.32 Å². The van der Waals surface area contributed by atoms with Crippen molar-refractivity contribution in [3.8, 4) is 0 Å². The highest BCUT2D eigenvalue weighted by Gasteiger charge is 2.14. The minimum Gasteiger partial charge on any atom is -0.355 e. The molecule has 1 rings (SSSR count). The van der Waals surface area contributed by atoms with Gasteiger partial charge in [0.15, 0.2) is 0 Å². The number of hydrogen-bond donors (Lipinski definition) is 1. The van der Waals surface area contributed by atoms with Gasteiger partial charge in [0.1, 0.15) is 12.0 Å². The van der Waals surface area contributed by atoms with Crippen molar-refractivity contribution in [3.63, 3.8) is 0 Å². The molecule has 1 amide bonds. The molecule has 0 fully saturated rings. The molecule has 0 aromatic heterocycles. The first kappa shape index (κ1) is 9.77. The molecule has 1 unspecified atom stereocenters. The van der Waals surface area contributed by atoms with Crippen molar-refractivity contribution in [2.24, 2.45) is 0 Å². The van der Waals surface area contributed by atoms with Gasteiger partial charge in [-0.15, -0.1) is 0 Å². The number of carbonyl (C=O) groups is 1. The van der Waals surface area contributed by atoms with E-state index < -0.39 is 0 Å². The summed E-state index contributed by atoms with van der Waals surface area (Å²) in [5, 5.41) is 2.73. The molecule has 3 nitrogen and oxygen atoms in total. The Labute approximate surface area is 76.9 Å². The molecule has 1 N–H and O–H groups in total. The predicted molar refractivity (Wildman–Crippen MR) is 48.3 cm³/mol. The summed E-state index contributed by atoms with van der Waals surface area (Å²) in [6.45, 7) is 1.78. The molecule has 1 aliphatic heterocycles. The van der Waals surface area contributed by atoms with E-state index in [1.807, 2.05) is 0 Å². The summed E-state index contributed by atoms with van der Waals surface area (Å²) < 4.78 is 12.6. The number of allylic oxidation sites excluding steroid dienone is 2. The van der Waals surface area contributed by atoms with Crippen LogP contribution < -0.4 is 5.32 Å². The molecule has 72 valence electrons. The van der Waals surface area contributed by atoms with Crippen LogP contribution in [0.1, 0.15) is 13.3 Å². The molecular formula is C9H13FN2O. The van der Waals surface area contributed by atoms with E-state index in [1.54, 1.807) is 24.9 Å². The number of carbonyl (C=O) groups excluding carboxylic acids is 1. The Morgan fingerprint density at radius 1 is 1.77 bits per heavy atom. The first-order valence-corrected chi connectivity index (χ1v) is 4.20. The fraction of sp³-hybridized carbons (Fsp3) is 0.444. The lowest BCUT2D eigenvalue weighted by Gasteiger charge is -2.27. The fourth-order valence-electron chi connectivity index (χ4n) is 1.05. The third-order valence-corrected chi connectivity index (χ3v) is 1.83. The SMILES string of the molecule is CCC(=O)NC1C=CC(F)=CN1C. The van der Waals surface area contributed by atoms with Gasteiger partial charge < -0.3 is 10.2 Å². The predicted octanol–water partition coefficient (Wildman–Crippen LogP) is 1.15. The minimum absolute atomic E-state index is 0.0443. The Morgan fingerprint density at radius 3 is 3.00 bits per heavy atom. The van der Waals surface area contributed by atoms with Crippen LogP contribution >= 0.6 is 0 Å². The van der Waals surface area contributed by atoms with Crippen LogP contribution in [0.3, 0.4) is 0 Å². The summed E-state index contributed by atoms with van der Waals surface area (Å²) in [6.07, 6.45) is 4.51. The molecule has 1 heterocycles. The summed E-state index contributed by atoms with van der Waals surface area (Å²) in [5.74, 6) is -0.346. The second-order valence-corrected chi connectivity index (χ2v) is 2.90. The van der Waals surface area contributed by atoms with E-state index in [-0.39, 0.29) is 17.9 Å². The number of amides is 1. The molecule has 0 aromatic rings. The number of halogens is 1. The largest absolute Gasteiger partial charge is 0.355 e. The van der Waals surface area contributed by atoms with Gasteiger partial charge >= 0.3 is 0 Å². The van der Waals surface area contributed by atoms with Crippen LogP contribution in [0.2, 0.25) is 0 Å². The number of nitrogens with one attached hydrogen (secondary N) is 1. The van der Waals surface area contributed by atoms with E-state index in [0.717, 1.165) is 0 Å². The molecular weight excluding hydrogens is 171 g/mol. The van der Waals surface area contributed by atoms with Crippen LogP contribution in [0.5, 0.6) is 0 Å². The summed E-state index contributed by atoms with van der Waals surface area (Å²) in [7, 11) is 1.71. The van der Waals surface area contributed by atoms with Crippen LogP contribution in [0, 0.1) is 0 Å². The molecule has 0 radical (unpaired) electrons. The summed E-state index contributed by atoms with van der Waals surface area (Å²) in [4.78, 5) is 12.6. The van der Waals surface area contributed by atoms with Crippen molar-refractivity contribution in [2.75, 3.05) is 7.05 Å². The zero-order valence-electron chi connectivity index (χ0n) is 7.75. The Kier molecular flexibility index (Phi) is 3.06. The van der Waals surface area contributed by atoms with Crippen molar-refractivity contribution in [2.45, 2.75) is 19.5 Å². The molecule has 4 heteroatoms. The highest BCUT2D eigenvalue weighted by molar-refractivity contribution is 5.76. The number of likely N-dealkylation sites (N-methyl/N-ethyl adjacent to an activating group) is 1. The van der Waals surface area contributed by atoms with Crippen LogP contribution in [-0.2, 0) is 4.79 Å². The van der Waals surface area contributed by atoms with E-state index in [1.165, 1.54) is 12.3 Å². The maximum absolute atomic E-state index is 12.6. The van der Waals surface area contributed by atoms with Gasteiger partial charge in [-0.25, -0.2) is 4.39 Å². The van der Waals surface area contributed by atoms with Crippen LogP contribution in [0.25, 0.3) is 0 Å². The molecule has 0 spiro atoms. The maximum Gasteiger partial charge on any atom is 0.221 e. The highest BCUT2D eigenvalue weighted by Crippen LogP contribution is 2.10. The van der Waals surface area contributed by atoms with Gasteiger partial charge in [0.25, 0.3) is 0 Å². The molecule has 0 bridgehead atoms. The lowest BCUT2D eigenvalue weighted by Crippen LogP contribution is -2.43. The Bertz CT molecular complexity index is 260. The van der Waals surface area contributed by atoms with Gasteiger partial charge in [0.05, 0.1) is 0 Å². The van der Waals surface area contributed by atoms with Gasteiger partial charge in [-0.3, -0.25) is 4.79 Å². The summed E-state index contributed by atoms with van der Waals surface area (Å²) in [6, 6.07) is 0. The normalized spacial score (nSPS) is 21.3. The van der Waals surface area contributed by atoms with Crippen molar-refractivity contribution in [1.82, 2.24) is 10.2 Å². The summed E-state index contributed by atoms with van der Waals surface area (Å²) >= 11 is 0. The standard InChI is InChI=1S/C9H13FN2O/c1-3-9(13)11-8-5-4-7(10)6-12(8)2/h4-6,8H,3H2,1-2H3,(H,11,13). The van der Waals surface area contributed by atoms with Gasteiger partial charge in [-0.1, -0.05) is 6.92 Å². The molecule has 0 aliphatic carbocycles. The average Bonchev–Trinajstić information content (AvgIpc) is 2.09. The van der Waals surface area contributed by atoms with Crippen molar-refractivity contribution >= 4 is 5.91 Å². The fourth-order valence-corrected chi connectivity index (χ4v) is 1.05.